The number of rotatable bonds is 3. The second kappa shape index (κ2) is 16.7. The zero-order chi connectivity index (χ0) is 35.0. The van der Waals surface area contributed by atoms with E-state index in [4.69, 9.17) is 14.5 Å². The van der Waals surface area contributed by atoms with Crippen molar-refractivity contribution < 1.29 is 33.4 Å². The number of esters is 2. The van der Waals surface area contributed by atoms with Crippen LogP contribution in [0.5, 0.6) is 0 Å². The first-order chi connectivity index (χ1) is 22.8. The number of aromatic nitrogens is 1. The van der Waals surface area contributed by atoms with Gasteiger partial charge in [-0.25, -0.2) is 5.43 Å². The minimum atomic E-state index is -1.13. The maximum absolute atomic E-state index is 13.3. The van der Waals surface area contributed by atoms with Crippen LogP contribution in [-0.2, 0) is 33.4 Å². The number of cyclic esters (lactones) is 1. The van der Waals surface area contributed by atoms with Crippen LogP contribution in [0.2, 0.25) is 0 Å². The molecule has 2 aromatic rings. The van der Waals surface area contributed by atoms with Crippen LogP contribution in [0.15, 0.2) is 36.4 Å². The molecule has 0 spiro atoms. The molecule has 3 heterocycles. The number of fused-ring (bicyclic) bond motifs is 4. The molecule has 1 saturated heterocycles. The van der Waals surface area contributed by atoms with Gasteiger partial charge >= 0.3 is 11.9 Å². The van der Waals surface area contributed by atoms with E-state index in [0.29, 0.717) is 37.9 Å². The van der Waals surface area contributed by atoms with Gasteiger partial charge in [0.15, 0.2) is 6.10 Å². The van der Waals surface area contributed by atoms with Gasteiger partial charge in [0.1, 0.15) is 18.2 Å². The topological polar surface area (TPSA) is 156 Å². The van der Waals surface area contributed by atoms with Gasteiger partial charge in [-0.05, 0) is 69.6 Å². The summed E-state index contributed by atoms with van der Waals surface area (Å²) < 4.78 is 11.3. The number of hydrogen-bond acceptors (Lipinski definition) is 9. The molecule has 2 aliphatic heterocycles. The Morgan fingerprint density at radius 3 is 2.42 bits per heavy atom. The Labute approximate surface area is 282 Å². The number of amides is 3. The Hall–Kier alpha value is -4.32. The highest BCUT2D eigenvalue weighted by Gasteiger charge is 2.34. The van der Waals surface area contributed by atoms with E-state index in [-0.39, 0.29) is 42.6 Å². The molecule has 4 rings (SSSR count). The number of nitrogens with zero attached hydrogens (tertiary/aromatic N) is 2. The Morgan fingerprint density at radius 2 is 1.69 bits per heavy atom. The smallest absolute Gasteiger partial charge is 0.308 e. The van der Waals surface area contributed by atoms with Gasteiger partial charge in [-0.2, -0.15) is 0 Å². The number of hydrazine groups is 1. The Balaban J connectivity index is 1.59. The predicted molar refractivity (Wildman–Crippen MR) is 181 cm³/mol. The van der Waals surface area contributed by atoms with Gasteiger partial charge in [0.25, 0.3) is 11.8 Å². The van der Waals surface area contributed by atoms with Crippen molar-refractivity contribution in [1.82, 2.24) is 26.1 Å². The molecule has 0 radical (unpaired) electrons. The van der Waals surface area contributed by atoms with Crippen LogP contribution in [0.1, 0.15) is 97.4 Å². The number of ether oxygens (including phenoxy) is 2. The average molecular weight is 664 g/mol. The predicted octanol–water partition coefficient (Wildman–Crippen LogP) is 4.14. The average Bonchev–Trinajstić information content (AvgIpc) is 3.06. The third kappa shape index (κ3) is 9.85. The molecule has 1 unspecified atom stereocenters. The Morgan fingerprint density at radius 1 is 0.958 bits per heavy atom. The van der Waals surface area contributed by atoms with Gasteiger partial charge in [0.2, 0.25) is 5.91 Å². The monoisotopic (exact) mass is 663 g/mol. The van der Waals surface area contributed by atoms with E-state index < -0.39 is 42.1 Å². The fourth-order valence-electron chi connectivity index (χ4n) is 5.64. The molecule has 1 aromatic carbocycles. The van der Waals surface area contributed by atoms with E-state index in [1.54, 1.807) is 34.6 Å². The Kier molecular flexibility index (Phi) is 12.7. The summed E-state index contributed by atoms with van der Waals surface area (Å²) in [5, 5.41) is 8.03. The van der Waals surface area contributed by atoms with Crippen LogP contribution in [0.3, 0.4) is 0 Å². The molecular weight excluding hydrogens is 614 g/mol. The third-order valence-electron chi connectivity index (χ3n) is 8.55. The van der Waals surface area contributed by atoms with Crippen LogP contribution in [0.25, 0.3) is 17.0 Å². The second-order valence-corrected chi connectivity index (χ2v) is 13.3. The molecule has 1 aromatic heterocycles. The van der Waals surface area contributed by atoms with Crippen molar-refractivity contribution in [1.29, 1.82) is 0 Å². The molecule has 12 heteroatoms. The number of pyridine rings is 1. The first-order valence-corrected chi connectivity index (χ1v) is 17.0. The number of carbonyl (C=O) groups excluding carboxylic acids is 5. The van der Waals surface area contributed by atoms with Crippen LogP contribution < -0.4 is 16.1 Å². The van der Waals surface area contributed by atoms with Crippen molar-refractivity contribution in [3.05, 3.63) is 47.7 Å². The van der Waals surface area contributed by atoms with Crippen molar-refractivity contribution in [2.24, 2.45) is 11.8 Å². The van der Waals surface area contributed by atoms with Gasteiger partial charge in [-0.1, -0.05) is 58.0 Å². The lowest BCUT2D eigenvalue weighted by molar-refractivity contribution is -0.161. The van der Waals surface area contributed by atoms with Gasteiger partial charge in [-0.3, -0.25) is 34.0 Å². The van der Waals surface area contributed by atoms with E-state index in [2.05, 4.69) is 16.1 Å². The van der Waals surface area contributed by atoms with Crippen molar-refractivity contribution in [2.45, 2.75) is 110 Å². The van der Waals surface area contributed by atoms with Gasteiger partial charge in [-0.15, -0.1) is 0 Å². The maximum Gasteiger partial charge on any atom is 0.308 e. The first-order valence-electron chi connectivity index (χ1n) is 17.0. The minimum Gasteiger partial charge on any atom is -0.462 e. The molecule has 3 N–H and O–H groups in total. The number of nitrogens with one attached hydrogen (secondary N) is 3. The van der Waals surface area contributed by atoms with Crippen LogP contribution in [-0.4, -0.2) is 70.5 Å². The van der Waals surface area contributed by atoms with Crippen LogP contribution in [0.4, 0.5) is 0 Å². The second-order valence-electron chi connectivity index (χ2n) is 13.3. The SMILES string of the molecule is CC(C)C(=O)O[C@H]1CC/C=C/c2ccc3ccc(nc3c2)[C@@H](C)NC(=O)C2CCCN(N2)C(=O)[C@H](C)NC(=O)[C@H](C(C)C)OC(=O)CC1. The third-order valence-corrected chi connectivity index (χ3v) is 8.55. The van der Waals surface area contributed by atoms with Gasteiger partial charge in [0, 0.05) is 18.4 Å². The van der Waals surface area contributed by atoms with E-state index in [9.17, 15) is 24.0 Å². The van der Waals surface area contributed by atoms with E-state index >= 15 is 0 Å². The molecule has 5 atom stereocenters. The van der Waals surface area contributed by atoms with E-state index in [1.165, 1.54) is 5.01 Å². The zero-order valence-electron chi connectivity index (χ0n) is 28.8. The van der Waals surface area contributed by atoms with Crippen molar-refractivity contribution in [2.75, 3.05) is 6.54 Å². The summed E-state index contributed by atoms with van der Waals surface area (Å²) in [5.74, 6) is -2.90. The van der Waals surface area contributed by atoms with Crippen molar-refractivity contribution in [3.63, 3.8) is 0 Å². The zero-order valence-corrected chi connectivity index (χ0v) is 28.8. The summed E-state index contributed by atoms with van der Waals surface area (Å²) in [6.07, 6.45) is 4.72. The summed E-state index contributed by atoms with van der Waals surface area (Å²) in [4.78, 5) is 70.1. The molecule has 12 nitrogen and oxygen atoms in total. The number of hydrogen-bond donors (Lipinski definition) is 3. The molecule has 0 aliphatic carbocycles. The molecular formula is C36H49N5O7. The normalized spacial score (nSPS) is 26.1. The summed E-state index contributed by atoms with van der Waals surface area (Å²) >= 11 is 0. The highest BCUT2D eigenvalue weighted by atomic mass is 16.6. The molecule has 1 fully saturated rings. The summed E-state index contributed by atoms with van der Waals surface area (Å²) in [6, 6.07) is 7.84. The van der Waals surface area contributed by atoms with Crippen molar-refractivity contribution >= 4 is 46.6 Å². The molecule has 48 heavy (non-hydrogen) atoms. The van der Waals surface area contributed by atoms with Gasteiger partial charge in [0.05, 0.1) is 23.2 Å². The summed E-state index contributed by atoms with van der Waals surface area (Å²) in [5.41, 5.74) is 5.45. The molecule has 3 amide bonds. The highest BCUT2D eigenvalue weighted by molar-refractivity contribution is 5.91. The van der Waals surface area contributed by atoms with Gasteiger partial charge < -0.3 is 20.1 Å². The molecule has 0 saturated carbocycles. The molecule has 260 valence electrons. The quantitative estimate of drug-likeness (QED) is 0.411. The number of carbonyl (C=O) groups is 5. The highest BCUT2D eigenvalue weighted by Crippen LogP contribution is 2.21. The summed E-state index contributed by atoms with van der Waals surface area (Å²) in [6.45, 7) is 10.8. The van der Waals surface area contributed by atoms with Crippen LogP contribution >= 0.6 is 0 Å². The first kappa shape index (κ1) is 36.5. The lowest BCUT2D eigenvalue weighted by Crippen LogP contribution is -2.61. The van der Waals surface area contributed by atoms with Crippen LogP contribution in [0, 0.1) is 11.8 Å². The largest absolute Gasteiger partial charge is 0.462 e. The Bertz CT molecular complexity index is 1520. The summed E-state index contributed by atoms with van der Waals surface area (Å²) in [7, 11) is 0. The number of allylic oxidation sites excluding steroid dienone is 1. The minimum absolute atomic E-state index is 0.0526. The molecule has 2 aliphatic rings. The fraction of sp³-hybridized carbons (Fsp3) is 0.556. The molecule has 5 bridgehead atoms. The maximum atomic E-state index is 13.3. The standard InChI is InChI=1S/C36H49N5O7/c1-21(2)32-34(44)38-24(6)35(45)41-19-9-12-29(40-41)33(43)37-23(5)28-17-15-26-14-13-25(20-30(26)39-28)10-7-8-11-27(16-18-31(42)48-32)47-36(46)22(3)4/h7,10,13-15,17,20-24,27,29,32,40H,8-9,11-12,16,18-19H2,1-6H3,(H,37,43)(H,38,44)/b10-7+/t23-,24+,27+,29?,32+/m1/s1. The lowest BCUT2D eigenvalue weighted by atomic mass is 10.0. The van der Waals surface area contributed by atoms with Crippen molar-refractivity contribution in [3.8, 4) is 0 Å². The lowest BCUT2D eigenvalue weighted by Gasteiger charge is -2.35. The fourth-order valence-corrected chi connectivity index (χ4v) is 5.64. The number of benzene rings is 1. The van der Waals surface area contributed by atoms with E-state index in [0.717, 1.165) is 16.5 Å². The van der Waals surface area contributed by atoms with E-state index in [1.807, 2.05) is 49.4 Å².